The number of nitrogen functional groups attached to an aromatic ring is 1. The quantitative estimate of drug-likeness (QED) is 0.850. The molecule has 4 nitrogen and oxygen atoms in total. The maximum atomic E-state index is 12.7. The van der Waals surface area contributed by atoms with Crippen molar-refractivity contribution in [3.8, 4) is 5.75 Å². The standard InChI is InChI=1S/C19H22N2O2/c1-2-23-18-9-4-3-7-16(18)19(22)21-17-8-5-6-13-12-14(20)10-11-15(13)17/h3-4,7,9-12,17H,2,5-6,8,20H2,1H3,(H,21,22). The zero-order valence-corrected chi connectivity index (χ0v) is 13.3. The molecule has 0 aliphatic heterocycles. The van der Waals surface area contributed by atoms with Crippen molar-refractivity contribution in [1.29, 1.82) is 0 Å². The van der Waals surface area contributed by atoms with Crippen molar-refractivity contribution in [2.24, 2.45) is 0 Å². The van der Waals surface area contributed by atoms with Gasteiger partial charge in [-0.2, -0.15) is 0 Å². The summed E-state index contributed by atoms with van der Waals surface area (Å²) >= 11 is 0. The molecule has 0 radical (unpaired) electrons. The summed E-state index contributed by atoms with van der Waals surface area (Å²) in [4.78, 5) is 12.7. The number of amides is 1. The molecule has 0 heterocycles. The smallest absolute Gasteiger partial charge is 0.255 e. The molecule has 4 heteroatoms. The van der Waals surface area contributed by atoms with Crippen molar-refractivity contribution < 1.29 is 9.53 Å². The van der Waals surface area contributed by atoms with Crippen LogP contribution < -0.4 is 15.8 Å². The van der Waals surface area contributed by atoms with Gasteiger partial charge in [0.05, 0.1) is 18.2 Å². The van der Waals surface area contributed by atoms with E-state index in [0.717, 1.165) is 24.9 Å². The van der Waals surface area contributed by atoms with Crippen molar-refractivity contribution in [3.05, 3.63) is 59.2 Å². The lowest BCUT2D eigenvalue weighted by Crippen LogP contribution is -2.31. The van der Waals surface area contributed by atoms with E-state index in [1.165, 1.54) is 11.1 Å². The number of fused-ring (bicyclic) bond motifs is 1. The molecule has 1 amide bonds. The second-order valence-electron chi connectivity index (χ2n) is 5.81. The first-order valence-corrected chi connectivity index (χ1v) is 8.10. The topological polar surface area (TPSA) is 64.3 Å². The largest absolute Gasteiger partial charge is 0.493 e. The molecule has 2 aromatic rings. The predicted octanol–water partition coefficient (Wildman–Crippen LogP) is 3.47. The third kappa shape index (κ3) is 3.31. The molecule has 3 rings (SSSR count). The number of hydrogen-bond donors (Lipinski definition) is 2. The number of aryl methyl sites for hydroxylation is 1. The molecule has 3 N–H and O–H groups in total. The maximum absolute atomic E-state index is 12.7. The third-order valence-electron chi connectivity index (χ3n) is 4.22. The fraction of sp³-hybridized carbons (Fsp3) is 0.316. The highest BCUT2D eigenvalue weighted by Crippen LogP contribution is 2.31. The van der Waals surface area contributed by atoms with Gasteiger partial charge in [0.15, 0.2) is 0 Å². The summed E-state index contributed by atoms with van der Waals surface area (Å²) in [6.45, 7) is 2.45. The fourth-order valence-electron chi connectivity index (χ4n) is 3.16. The Morgan fingerprint density at radius 1 is 1.30 bits per heavy atom. The molecule has 0 fully saturated rings. The van der Waals surface area contributed by atoms with E-state index in [2.05, 4.69) is 5.32 Å². The Kier molecular flexibility index (Phi) is 4.51. The number of carbonyl (C=O) groups is 1. The molecule has 2 aromatic carbocycles. The van der Waals surface area contributed by atoms with Gasteiger partial charge >= 0.3 is 0 Å². The molecule has 0 saturated carbocycles. The molecule has 23 heavy (non-hydrogen) atoms. The third-order valence-corrected chi connectivity index (χ3v) is 4.22. The summed E-state index contributed by atoms with van der Waals surface area (Å²) in [6, 6.07) is 13.3. The Hall–Kier alpha value is -2.49. The van der Waals surface area contributed by atoms with Gasteiger partial charge in [0.2, 0.25) is 0 Å². The number of ether oxygens (including phenoxy) is 1. The van der Waals surface area contributed by atoms with Gasteiger partial charge in [-0.25, -0.2) is 0 Å². The molecule has 120 valence electrons. The van der Waals surface area contributed by atoms with E-state index >= 15 is 0 Å². The summed E-state index contributed by atoms with van der Waals surface area (Å²) < 4.78 is 5.56. The van der Waals surface area contributed by atoms with E-state index in [-0.39, 0.29) is 11.9 Å². The Balaban J connectivity index is 1.82. The lowest BCUT2D eigenvalue weighted by Gasteiger charge is -2.27. The van der Waals surface area contributed by atoms with Crippen molar-refractivity contribution >= 4 is 11.6 Å². The number of benzene rings is 2. The minimum atomic E-state index is -0.0938. The van der Waals surface area contributed by atoms with Crippen LogP contribution in [0, 0.1) is 0 Å². The number of nitrogens with one attached hydrogen (secondary N) is 1. The van der Waals surface area contributed by atoms with E-state index in [0.29, 0.717) is 17.9 Å². The van der Waals surface area contributed by atoms with Crippen molar-refractivity contribution in [2.75, 3.05) is 12.3 Å². The van der Waals surface area contributed by atoms with E-state index in [1.807, 2.05) is 43.3 Å². The van der Waals surface area contributed by atoms with Gasteiger partial charge in [0.25, 0.3) is 5.91 Å². The Labute approximate surface area is 136 Å². The summed E-state index contributed by atoms with van der Waals surface area (Å²) in [7, 11) is 0. The molecular weight excluding hydrogens is 288 g/mol. The van der Waals surface area contributed by atoms with Crippen LogP contribution in [-0.2, 0) is 6.42 Å². The van der Waals surface area contributed by atoms with Crippen LogP contribution in [0.2, 0.25) is 0 Å². The van der Waals surface area contributed by atoms with Crippen LogP contribution in [0.3, 0.4) is 0 Å². The predicted molar refractivity (Wildman–Crippen MR) is 91.6 cm³/mol. The Bertz CT molecular complexity index is 712. The molecule has 0 aromatic heterocycles. The Morgan fingerprint density at radius 3 is 2.96 bits per heavy atom. The average Bonchev–Trinajstić information content (AvgIpc) is 2.55. The number of nitrogens with two attached hydrogens (primary N) is 1. The summed E-state index contributed by atoms with van der Waals surface area (Å²) in [5, 5.41) is 3.15. The number of rotatable bonds is 4. The highest BCUT2D eigenvalue weighted by atomic mass is 16.5. The van der Waals surface area contributed by atoms with Gasteiger partial charge in [-0.15, -0.1) is 0 Å². The summed E-state index contributed by atoms with van der Waals surface area (Å²) in [5.74, 6) is 0.532. The average molecular weight is 310 g/mol. The van der Waals surface area contributed by atoms with Crippen molar-refractivity contribution in [2.45, 2.75) is 32.2 Å². The molecule has 0 bridgehead atoms. The maximum Gasteiger partial charge on any atom is 0.255 e. The molecular formula is C19H22N2O2. The monoisotopic (exact) mass is 310 g/mol. The highest BCUT2D eigenvalue weighted by molar-refractivity contribution is 5.97. The molecule has 0 saturated heterocycles. The molecule has 1 aliphatic rings. The van der Waals surface area contributed by atoms with Gasteiger partial charge in [-0.05, 0) is 61.6 Å². The first kappa shape index (κ1) is 15.4. The van der Waals surface area contributed by atoms with Gasteiger partial charge < -0.3 is 15.8 Å². The Morgan fingerprint density at radius 2 is 2.13 bits per heavy atom. The van der Waals surface area contributed by atoms with Crippen molar-refractivity contribution in [1.82, 2.24) is 5.32 Å². The van der Waals surface area contributed by atoms with Gasteiger partial charge in [-0.1, -0.05) is 18.2 Å². The second-order valence-corrected chi connectivity index (χ2v) is 5.81. The van der Waals surface area contributed by atoms with Crippen LogP contribution in [0.25, 0.3) is 0 Å². The molecule has 1 atom stereocenters. The first-order valence-electron chi connectivity index (χ1n) is 8.10. The van der Waals surface area contributed by atoms with E-state index < -0.39 is 0 Å². The first-order chi connectivity index (χ1) is 11.2. The minimum Gasteiger partial charge on any atom is -0.493 e. The van der Waals surface area contributed by atoms with Crippen molar-refractivity contribution in [3.63, 3.8) is 0 Å². The van der Waals surface area contributed by atoms with Crippen LogP contribution in [0.4, 0.5) is 5.69 Å². The van der Waals surface area contributed by atoms with Crippen LogP contribution in [0.15, 0.2) is 42.5 Å². The van der Waals surface area contributed by atoms with Gasteiger partial charge in [-0.3, -0.25) is 4.79 Å². The minimum absolute atomic E-state index is 0.0292. The number of anilines is 1. The van der Waals surface area contributed by atoms with Crippen LogP contribution >= 0.6 is 0 Å². The lowest BCUT2D eigenvalue weighted by molar-refractivity contribution is 0.0929. The number of hydrogen-bond acceptors (Lipinski definition) is 3. The van der Waals surface area contributed by atoms with Crippen LogP contribution in [0.5, 0.6) is 5.75 Å². The molecule has 1 unspecified atom stereocenters. The second kappa shape index (κ2) is 6.73. The molecule has 1 aliphatic carbocycles. The normalized spacial score (nSPS) is 16.5. The van der Waals surface area contributed by atoms with E-state index in [4.69, 9.17) is 10.5 Å². The fourth-order valence-corrected chi connectivity index (χ4v) is 3.16. The van der Waals surface area contributed by atoms with Gasteiger partial charge in [0.1, 0.15) is 5.75 Å². The summed E-state index contributed by atoms with van der Waals surface area (Å²) in [5.41, 5.74) is 9.63. The van der Waals surface area contributed by atoms with Gasteiger partial charge in [0, 0.05) is 5.69 Å². The lowest BCUT2D eigenvalue weighted by atomic mass is 9.87. The van der Waals surface area contributed by atoms with Crippen LogP contribution in [0.1, 0.15) is 47.3 Å². The zero-order valence-electron chi connectivity index (χ0n) is 13.3. The number of carbonyl (C=O) groups excluding carboxylic acids is 1. The van der Waals surface area contributed by atoms with E-state index in [1.54, 1.807) is 6.07 Å². The number of para-hydroxylation sites is 1. The summed E-state index contributed by atoms with van der Waals surface area (Å²) in [6.07, 6.45) is 3.01. The zero-order chi connectivity index (χ0) is 16.2. The van der Waals surface area contributed by atoms with Crippen LogP contribution in [-0.4, -0.2) is 12.5 Å². The molecule has 0 spiro atoms. The SMILES string of the molecule is CCOc1ccccc1C(=O)NC1CCCc2cc(N)ccc21. The van der Waals surface area contributed by atoms with E-state index in [9.17, 15) is 4.79 Å². The highest BCUT2D eigenvalue weighted by Gasteiger charge is 2.23.